The second-order valence-electron chi connectivity index (χ2n) is 10.3. The van der Waals surface area contributed by atoms with Crippen molar-refractivity contribution in [1.29, 1.82) is 10.5 Å². The second-order valence-corrected chi connectivity index (χ2v) is 11.4. The van der Waals surface area contributed by atoms with Crippen LogP contribution in [0.4, 0.5) is 10.6 Å². The number of ether oxygens (including phenoxy) is 2. The number of rotatable bonds is 10. The largest absolute Gasteiger partial charge is 0.444 e. The van der Waals surface area contributed by atoms with Crippen molar-refractivity contribution in [3.05, 3.63) is 52.6 Å². The standard InChI is InChI=1S/C29H36N6O4S/c1-5-21-22(17-30)26(34-27(23(21)18-31)40-24(25(32)36)19-9-7-6-8-10-19)35-14-11-20(12-15-35)38-16-13-33-28(37)39-29(2,3)4/h6-10,20,24H,5,11-16H2,1-4H3,(H2,32,36)(H,33,37). The predicted molar refractivity (Wildman–Crippen MR) is 153 cm³/mol. The van der Waals surface area contributed by atoms with E-state index in [1.165, 1.54) is 0 Å². The Morgan fingerprint density at radius 3 is 2.38 bits per heavy atom. The number of carbonyl (C=O) groups excluding carboxylic acids is 2. The summed E-state index contributed by atoms with van der Waals surface area (Å²) in [6.07, 6.45) is 1.39. The topological polar surface area (TPSA) is 154 Å². The molecule has 1 aliphatic rings. The minimum absolute atomic E-state index is 0.00239. The summed E-state index contributed by atoms with van der Waals surface area (Å²) in [5.41, 5.74) is 7.19. The number of nitriles is 2. The third-order valence-electron chi connectivity index (χ3n) is 6.28. The zero-order valence-electron chi connectivity index (χ0n) is 23.4. The van der Waals surface area contributed by atoms with E-state index >= 15 is 0 Å². The van der Waals surface area contributed by atoms with Crippen molar-refractivity contribution in [1.82, 2.24) is 10.3 Å². The van der Waals surface area contributed by atoms with E-state index in [-0.39, 0.29) is 6.10 Å². The number of primary amides is 1. The van der Waals surface area contributed by atoms with Crippen LogP contribution in [0.3, 0.4) is 0 Å². The molecule has 11 heteroatoms. The molecule has 1 atom stereocenters. The summed E-state index contributed by atoms with van der Waals surface area (Å²) in [7, 11) is 0. The van der Waals surface area contributed by atoms with E-state index in [9.17, 15) is 20.1 Å². The van der Waals surface area contributed by atoms with Crippen LogP contribution in [0.15, 0.2) is 35.4 Å². The molecule has 1 aliphatic heterocycles. The highest BCUT2D eigenvalue weighted by atomic mass is 32.2. The number of benzene rings is 1. The van der Waals surface area contributed by atoms with Gasteiger partial charge in [0.2, 0.25) is 5.91 Å². The van der Waals surface area contributed by atoms with Gasteiger partial charge in [-0.3, -0.25) is 4.79 Å². The van der Waals surface area contributed by atoms with Gasteiger partial charge in [-0.25, -0.2) is 9.78 Å². The summed E-state index contributed by atoms with van der Waals surface area (Å²) in [6, 6.07) is 13.6. The minimum atomic E-state index is -0.736. The number of thioether (sulfide) groups is 1. The van der Waals surface area contributed by atoms with E-state index in [4.69, 9.17) is 20.2 Å². The number of aromatic nitrogens is 1. The smallest absolute Gasteiger partial charge is 0.407 e. The van der Waals surface area contributed by atoms with Crippen LogP contribution in [0.25, 0.3) is 0 Å². The number of nitrogens with two attached hydrogens (primary N) is 1. The number of alkyl carbamates (subject to hydrolysis) is 1. The number of piperidine rings is 1. The predicted octanol–water partition coefficient (Wildman–Crippen LogP) is 4.22. The molecule has 0 saturated carbocycles. The Balaban J connectivity index is 1.74. The van der Waals surface area contributed by atoms with Gasteiger partial charge >= 0.3 is 6.09 Å². The Bertz CT molecular complexity index is 1270. The summed E-state index contributed by atoms with van der Waals surface area (Å²) >= 11 is 1.13. The Morgan fingerprint density at radius 1 is 1.18 bits per heavy atom. The van der Waals surface area contributed by atoms with Gasteiger partial charge < -0.3 is 25.4 Å². The third kappa shape index (κ3) is 8.10. The lowest BCUT2D eigenvalue weighted by Crippen LogP contribution is -2.39. The Morgan fingerprint density at radius 2 is 1.82 bits per heavy atom. The maximum absolute atomic E-state index is 12.4. The molecule has 2 amide bonds. The maximum atomic E-state index is 12.4. The van der Waals surface area contributed by atoms with Crippen LogP contribution >= 0.6 is 11.8 Å². The van der Waals surface area contributed by atoms with Crippen molar-refractivity contribution >= 4 is 29.6 Å². The highest BCUT2D eigenvalue weighted by Gasteiger charge is 2.29. The molecule has 0 radical (unpaired) electrons. The van der Waals surface area contributed by atoms with Gasteiger partial charge in [0.25, 0.3) is 0 Å². The van der Waals surface area contributed by atoms with Crippen LogP contribution in [-0.2, 0) is 20.7 Å². The number of nitrogens with zero attached hydrogens (tertiary/aromatic N) is 4. The first-order valence-corrected chi connectivity index (χ1v) is 14.2. The monoisotopic (exact) mass is 564 g/mol. The molecular weight excluding hydrogens is 528 g/mol. The first kappa shape index (κ1) is 30.7. The minimum Gasteiger partial charge on any atom is -0.444 e. The van der Waals surface area contributed by atoms with E-state index in [2.05, 4.69) is 17.5 Å². The van der Waals surface area contributed by atoms with Crippen LogP contribution < -0.4 is 16.0 Å². The normalized spacial score (nSPS) is 14.6. The molecule has 212 valence electrons. The highest BCUT2D eigenvalue weighted by molar-refractivity contribution is 8.00. The van der Waals surface area contributed by atoms with Crippen molar-refractivity contribution in [3.63, 3.8) is 0 Å². The highest BCUT2D eigenvalue weighted by Crippen LogP contribution is 2.40. The molecule has 2 aromatic rings. The van der Waals surface area contributed by atoms with E-state index in [0.29, 0.717) is 78.6 Å². The van der Waals surface area contributed by atoms with Gasteiger partial charge in [-0.15, -0.1) is 0 Å². The van der Waals surface area contributed by atoms with Crippen molar-refractivity contribution in [2.24, 2.45) is 5.73 Å². The number of carbonyl (C=O) groups is 2. The van der Waals surface area contributed by atoms with Crippen molar-refractivity contribution in [2.75, 3.05) is 31.1 Å². The summed E-state index contributed by atoms with van der Waals surface area (Å²) in [4.78, 5) is 31.0. The average Bonchev–Trinajstić information content (AvgIpc) is 2.92. The average molecular weight is 565 g/mol. The van der Waals surface area contributed by atoms with E-state index in [1.807, 2.05) is 62.9 Å². The van der Waals surface area contributed by atoms with Crippen LogP contribution in [0.5, 0.6) is 0 Å². The first-order valence-electron chi connectivity index (χ1n) is 13.3. The molecule has 1 aromatic heterocycles. The van der Waals surface area contributed by atoms with Gasteiger partial charge in [-0.1, -0.05) is 49.0 Å². The van der Waals surface area contributed by atoms with Crippen LogP contribution in [0.1, 0.15) is 68.0 Å². The number of amides is 2. The summed E-state index contributed by atoms with van der Waals surface area (Å²) in [5, 5.41) is 22.4. The Kier molecular flexibility index (Phi) is 10.8. The molecule has 0 spiro atoms. The number of hydrogen-bond donors (Lipinski definition) is 2. The quantitative estimate of drug-likeness (QED) is 0.319. The van der Waals surface area contributed by atoms with Gasteiger partial charge in [-0.2, -0.15) is 10.5 Å². The lowest BCUT2D eigenvalue weighted by atomic mass is 10.0. The number of pyridine rings is 1. The molecule has 1 aromatic carbocycles. The molecule has 10 nitrogen and oxygen atoms in total. The van der Waals surface area contributed by atoms with Crippen LogP contribution in [0.2, 0.25) is 0 Å². The summed E-state index contributed by atoms with van der Waals surface area (Å²) < 4.78 is 11.2. The lowest BCUT2D eigenvalue weighted by molar-refractivity contribution is -0.117. The third-order valence-corrected chi connectivity index (χ3v) is 7.54. The molecule has 2 heterocycles. The SMILES string of the molecule is CCc1c(C#N)c(SC(C(N)=O)c2ccccc2)nc(N2CCC(OCCNC(=O)OC(C)(C)C)CC2)c1C#N. The Labute approximate surface area is 239 Å². The fourth-order valence-electron chi connectivity index (χ4n) is 4.45. The molecule has 0 aliphatic carbocycles. The first-order chi connectivity index (χ1) is 19.1. The van der Waals surface area contributed by atoms with Crippen molar-refractivity contribution < 1.29 is 19.1 Å². The molecule has 1 saturated heterocycles. The van der Waals surface area contributed by atoms with E-state index in [1.54, 1.807) is 0 Å². The second kappa shape index (κ2) is 14.0. The van der Waals surface area contributed by atoms with Gasteiger partial charge in [0, 0.05) is 19.6 Å². The van der Waals surface area contributed by atoms with Crippen molar-refractivity contribution in [2.45, 2.75) is 68.9 Å². The molecule has 3 rings (SSSR count). The molecule has 40 heavy (non-hydrogen) atoms. The molecular formula is C29H36N6O4S. The molecule has 0 bridgehead atoms. The van der Waals surface area contributed by atoms with Gasteiger partial charge in [0.15, 0.2) is 0 Å². The van der Waals surface area contributed by atoms with Crippen LogP contribution in [-0.4, -0.2) is 54.9 Å². The fraction of sp³-hybridized carbons (Fsp3) is 0.483. The lowest BCUT2D eigenvalue weighted by Gasteiger charge is -2.34. The van der Waals surface area contributed by atoms with Gasteiger partial charge in [0.1, 0.15) is 33.8 Å². The Hall–Kier alpha value is -3.80. The van der Waals surface area contributed by atoms with E-state index < -0.39 is 22.9 Å². The van der Waals surface area contributed by atoms with E-state index in [0.717, 1.165) is 11.8 Å². The zero-order chi connectivity index (χ0) is 29.3. The number of anilines is 1. The fourth-order valence-corrected chi connectivity index (χ4v) is 5.51. The van der Waals surface area contributed by atoms with Crippen LogP contribution in [0, 0.1) is 22.7 Å². The summed E-state index contributed by atoms with van der Waals surface area (Å²) in [6.45, 7) is 9.21. The maximum Gasteiger partial charge on any atom is 0.407 e. The zero-order valence-corrected chi connectivity index (χ0v) is 24.2. The molecule has 1 fully saturated rings. The molecule has 3 N–H and O–H groups in total. The number of hydrogen-bond acceptors (Lipinski definition) is 9. The van der Waals surface area contributed by atoms with Gasteiger partial charge in [0.05, 0.1) is 23.8 Å². The van der Waals surface area contributed by atoms with Crippen molar-refractivity contribution in [3.8, 4) is 12.1 Å². The van der Waals surface area contributed by atoms with Gasteiger partial charge in [-0.05, 0) is 51.2 Å². The molecule has 1 unspecified atom stereocenters. The number of nitrogens with one attached hydrogen (secondary N) is 1. The summed E-state index contributed by atoms with van der Waals surface area (Å²) in [5.74, 6) is -0.0351.